The fraction of sp³-hybridized carbons (Fsp3) is 0.222. The molecule has 0 saturated carbocycles. The minimum atomic E-state index is -0.330. The SMILES string of the molecule is CCOc1ccccc1NC(=O)CNC(=O)c1ccc(OC)cc1. The van der Waals surface area contributed by atoms with Crippen LogP contribution in [0.5, 0.6) is 11.5 Å². The molecule has 0 aliphatic rings. The van der Waals surface area contributed by atoms with Crippen LogP contribution in [0.25, 0.3) is 0 Å². The molecule has 6 heteroatoms. The summed E-state index contributed by atoms with van der Waals surface area (Å²) in [6.07, 6.45) is 0. The van der Waals surface area contributed by atoms with Crippen molar-refractivity contribution in [3.8, 4) is 11.5 Å². The van der Waals surface area contributed by atoms with Gasteiger partial charge in [0.25, 0.3) is 5.91 Å². The van der Waals surface area contributed by atoms with E-state index in [9.17, 15) is 9.59 Å². The summed E-state index contributed by atoms with van der Waals surface area (Å²) in [6, 6.07) is 13.8. The minimum Gasteiger partial charge on any atom is -0.497 e. The maximum absolute atomic E-state index is 12.0. The summed E-state index contributed by atoms with van der Waals surface area (Å²) >= 11 is 0. The number of carbonyl (C=O) groups excluding carboxylic acids is 2. The van der Waals surface area contributed by atoms with Crippen LogP contribution in [0, 0.1) is 0 Å². The quantitative estimate of drug-likeness (QED) is 0.818. The van der Waals surface area contributed by atoms with Crippen LogP contribution in [-0.2, 0) is 4.79 Å². The summed E-state index contributed by atoms with van der Waals surface area (Å²) in [5.41, 5.74) is 1.03. The first kappa shape index (κ1) is 17.3. The van der Waals surface area contributed by atoms with Crippen molar-refractivity contribution < 1.29 is 19.1 Å². The highest BCUT2D eigenvalue weighted by atomic mass is 16.5. The van der Waals surface area contributed by atoms with E-state index in [2.05, 4.69) is 10.6 Å². The van der Waals surface area contributed by atoms with Gasteiger partial charge in [0, 0.05) is 5.56 Å². The smallest absolute Gasteiger partial charge is 0.251 e. The number of para-hydroxylation sites is 2. The van der Waals surface area contributed by atoms with Crippen molar-refractivity contribution >= 4 is 17.5 Å². The summed E-state index contributed by atoms with van der Waals surface area (Å²) in [5.74, 6) is 0.599. The summed E-state index contributed by atoms with van der Waals surface area (Å²) in [5, 5.41) is 5.30. The molecule has 0 unspecified atom stereocenters. The Labute approximate surface area is 140 Å². The Morgan fingerprint density at radius 1 is 1.04 bits per heavy atom. The van der Waals surface area contributed by atoms with Crippen LogP contribution < -0.4 is 20.1 Å². The average molecular weight is 328 g/mol. The van der Waals surface area contributed by atoms with Crippen LogP contribution >= 0.6 is 0 Å². The van der Waals surface area contributed by atoms with E-state index in [1.165, 1.54) is 0 Å². The molecule has 0 saturated heterocycles. The standard InChI is InChI=1S/C18H20N2O4/c1-3-24-16-7-5-4-6-15(16)20-17(21)12-19-18(22)13-8-10-14(23-2)11-9-13/h4-11H,3,12H2,1-2H3,(H,19,22)(H,20,21). The lowest BCUT2D eigenvalue weighted by Crippen LogP contribution is -2.32. The number of benzene rings is 2. The van der Waals surface area contributed by atoms with Crippen LogP contribution in [-0.4, -0.2) is 32.1 Å². The molecular weight excluding hydrogens is 308 g/mol. The van der Waals surface area contributed by atoms with Gasteiger partial charge in [0.05, 0.1) is 25.9 Å². The van der Waals surface area contributed by atoms with Gasteiger partial charge in [0.2, 0.25) is 5.91 Å². The number of rotatable bonds is 7. The Morgan fingerprint density at radius 2 is 1.75 bits per heavy atom. The second-order valence-corrected chi connectivity index (χ2v) is 4.89. The van der Waals surface area contributed by atoms with Crippen molar-refractivity contribution in [2.24, 2.45) is 0 Å². The zero-order valence-electron chi connectivity index (χ0n) is 13.7. The molecule has 2 rings (SSSR count). The normalized spacial score (nSPS) is 9.92. The first-order valence-electron chi connectivity index (χ1n) is 7.58. The molecule has 0 heterocycles. The molecule has 24 heavy (non-hydrogen) atoms. The van der Waals surface area contributed by atoms with Crippen molar-refractivity contribution in [1.82, 2.24) is 5.32 Å². The van der Waals surface area contributed by atoms with E-state index in [0.29, 0.717) is 29.4 Å². The van der Waals surface area contributed by atoms with Crippen LogP contribution in [0.3, 0.4) is 0 Å². The van der Waals surface area contributed by atoms with Gasteiger partial charge in [-0.1, -0.05) is 12.1 Å². The molecule has 2 N–H and O–H groups in total. The molecule has 0 aliphatic heterocycles. The Bertz CT molecular complexity index is 698. The van der Waals surface area contributed by atoms with E-state index in [-0.39, 0.29) is 18.4 Å². The van der Waals surface area contributed by atoms with E-state index < -0.39 is 0 Å². The third-order valence-corrected chi connectivity index (χ3v) is 3.22. The predicted octanol–water partition coefficient (Wildman–Crippen LogP) is 2.46. The van der Waals surface area contributed by atoms with E-state index in [4.69, 9.17) is 9.47 Å². The number of amides is 2. The zero-order valence-corrected chi connectivity index (χ0v) is 13.7. The highest BCUT2D eigenvalue weighted by molar-refractivity contribution is 5.99. The molecule has 0 radical (unpaired) electrons. The van der Waals surface area contributed by atoms with Gasteiger partial charge < -0.3 is 20.1 Å². The van der Waals surface area contributed by atoms with Gasteiger partial charge in [0.15, 0.2) is 0 Å². The predicted molar refractivity (Wildman–Crippen MR) is 91.6 cm³/mol. The van der Waals surface area contributed by atoms with Crippen molar-refractivity contribution in [1.29, 1.82) is 0 Å². The molecule has 0 aliphatic carbocycles. The molecule has 2 amide bonds. The Morgan fingerprint density at radius 3 is 2.42 bits per heavy atom. The molecule has 0 spiro atoms. The van der Waals surface area contributed by atoms with Gasteiger partial charge in [-0.05, 0) is 43.3 Å². The third kappa shape index (κ3) is 4.74. The molecule has 6 nitrogen and oxygen atoms in total. The van der Waals surface area contributed by atoms with Gasteiger partial charge in [0.1, 0.15) is 11.5 Å². The monoisotopic (exact) mass is 328 g/mol. The molecule has 2 aromatic carbocycles. The number of carbonyl (C=O) groups is 2. The lowest BCUT2D eigenvalue weighted by atomic mass is 10.2. The first-order chi connectivity index (χ1) is 11.6. The largest absolute Gasteiger partial charge is 0.497 e. The number of methoxy groups -OCH3 is 1. The third-order valence-electron chi connectivity index (χ3n) is 3.22. The minimum absolute atomic E-state index is 0.134. The maximum Gasteiger partial charge on any atom is 0.251 e. The fourth-order valence-corrected chi connectivity index (χ4v) is 2.05. The second-order valence-electron chi connectivity index (χ2n) is 4.89. The van der Waals surface area contributed by atoms with E-state index >= 15 is 0 Å². The number of hydrogen-bond donors (Lipinski definition) is 2. The molecule has 0 atom stereocenters. The van der Waals surface area contributed by atoms with Crippen molar-refractivity contribution in [3.05, 3.63) is 54.1 Å². The van der Waals surface area contributed by atoms with Crippen molar-refractivity contribution in [2.45, 2.75) is 6.92 Å². The van der Waals surface area contributed by atoms with Crippen LogP contribution in [0.1, 0.15) is 17.3 Å². The lowest BCUT2D eigenvalue weighted by Gasteiger charge is -2.11. The van der Waals surface area contributed by atoms with Crippen LogP contribution in [0.15, 0.2) is 48.5 Å². The number of ether oxygens (including phenoxy) is 2. The van der Waals surface area contributed by atoms with Gasteiger partial charge in [-0.3, -0.25) is 9.59 Å². The van der Waals surface area contributed by atoms with E-state index in [1.807, 2.05) is 13.0 Å². The number of nitrogens with one attached hydrogen (secondary N) is 2. The van der Waals surface area contributed by atoms with Gasteiger partial charge in [-0.25, -0.2) is 0 Å². The van der Waals surface area contributed by atoms with Crippen LogP contribution in [0.4, 0.5) is 5.69 Å². The zero-order chi connectivity index (χ0) is 17.4. The molecular formula is C18H20N2O4. The number of anilines is 1. The van der Waals surface area contributed by atoms with Gasteiger partial charge in [-0.15, -0.1) is 0 Å². The molecule has 126 valence electrons. The molecule has 2 aromatic rings. The summed E-state index contributed by atoms with van der Waals surface area (Å²) in [7, 11) is 1.56. The first-order valence-corrected chi connectivity index (χ1v) is 7.58. The Balaban J connectivity index is 1.89. The summed E-state index contributed by atoms with van der Waals surface area (Å²) in [4.78, 5) is 24.0. The second kappa shape index (κ2) is 8.57. The Kier molecular flexibility index (Phi) is 6.19. The highest BCUT2D eigenvalue weighted by Crippen LogP contribution is 2.23. The van der Waals surface area contributed by atoms with Crippen LogP contribution in [0.2, 0.25) is 0 Å². The number of hydrogen-bond acceptors (Lipinski definition) is 4. The lowest BCUT2D eigenvalue weighted by molar-refractivity contribution is -0.115. The van der Waals surface area contributed by atoms with Gasteiger partial charge >= 0.3 is 0 Å². The Hall–Kier alpha value is -3.02. The fourth-order valence-electron chi connectivity index (χ4n) is 2.05. The summed E-state index contributed by atoms with van der Waals surface area (Å²) < 4.78 is 10.5. The van der Waals surface area contributed by atoms with E-state index in [0.717, 1.165) is 0 Å². The molecule has 0 aromatic heterocycles. The summed E-state index contributed by atoms with van der Waals surface area (Å²) in [6.45, 7) is 2.24. The van der Waals surface area contributed by atoms with Crippen molar-refractivity contribution in [2.75, 3.05) is 25.6 Å². The maximum atomic E-state index is 12.0. The van der Waals surface area contributed by atoms with Crippen molar-refractivity contribution in [3.63, 3.8) is 0 Å². The van der Waals surface area contributed by atoms with Gasteiger partial charge in [-0.2, -0.15) is 0 Å². The highest BCUT2D eigenvalue weighted by Gasteiger charge is 2.10. The van der Waals surface area contributed by atoms with E-state index in [1.54, 1.807) is 49.6 Å². The molecule has 0 bridgehead atoms. The topological polar surface area (TPSA) is 76.7 Å². The molecule has 0 fully saturated rings. The average Bonchev–Trinajstić information content (AvgIpc) is 2.61.